The molecule has 0 rings (SSSR count). The fourth-order valence-corrected chi connectivity index (χ4v) is 1.05. The van der Waals surface area contributed by atoms with Gasteiger partial charge in [0, 0.05) is 12.7 Å². The van der Waals surface area contributed by atoms with Crippen molar-refractivity contribution in [1.82, 2.24) is 4.90 Å². The highest BCUT2D eigenvalue weighted by atomic mass is 16.6. The molecule has 0 unspecified atom stereocenters. The van der Waals surface area contributed by atoms with Crippen molar-refractivity contribution in [3.8, 4) is 0 Å². The second kappa shape index (κ2) is 5.59. The Kier molecular flexibility index (Phi) is 5.12. The van der Waals surface area contributed by atoms with Crippen LogP contribution in [-0.2, 0) is 4.74 Å². The summed E-state index contributed by atoms with van der Waals surface area (Å²) >= 11 is 0. The third kappa shape index (κ3) is 5.25. The van der Waals surface area contributed by atoms with E-state index in [0.29, 0.717) is 0 Å². The van der Waals surface area contributed by atoms with Gasteiger partial charge in [0.15, 0.2) is 0 Å². The molecule has 0 N–H and O–H groups in total. The zero-order chi connectivity index (χ0) is 12.1. The highest BCUT2D eigenvalue weighted by Crippen LogP contribution is 2.13. The van der Waals surface area contributed by atoms with Crippen molar-refractivity contribution in [1.29, 1.82) is 0 Å². The van der Waals surface area contributed by atoms with E-state index >= 15 is 0 Å². The van der Waals surface area contributed by atoms with Gasteiger partial charge in [0.1, 0.15) is 5.60 Å². The molecular weight excluding hydrogens is 190 g/mol. The summed E-state index contributed by atoms with van der Waals surface area (Å²) in [6, 6.07) is 0. The average molecular weight is 211 g/mol. The summed E-state index contributed by atoms with van der Waals surface area (Å²) in [5.74, 6) is 0. The van der Waals surface area contributed by atoms with Crippen LogP contribution in [0.15, 0.2) is 24.4 Å². The Labute approximate surface area is 92.4 Å². The molecule has 15 heavy (non-hydrogen) atoms. The summed E-state index contributed by atoms with van der Waals surface area (Å²) in [6.07, 6.45) is 3.91. The molecule has 1 amide bonds. The van der Waals surface area contributed by atoms with Crippen molar-refractivity contribution in [2.24, 2.45) is 0 Å². The number of rotatable bonds is 3. The Balaban J connectivity index is 4.56. The van der Waals surface area contributed by atoms with Crippen molar-refractivity contribution >= 4 is 6.09 Å². The average Bonchev–Trinajstić information content (AvgIpc) is 2.10. The standard InChI is InChI=1S/C12H21NO2/c1-7-9-10(8-2)13(6)11(14)15-12(3,4)5/h7,9H,1,8H2,2-6H3/b10-9+. The molecule has 3 heteroatoms. The van der Waals surface area contributed by atoms with Crippen LogP contribution in [0.5, 0.6) is 0 Å². The smallest absolute Gasteiger partial charge is 0.414 e. The first-order chi connectivity index (χ1) is 6.81. The van der Waals surface area contributed by atoms with E-state index in [2.05, 4.69) is 6.58 Å². The quantitative estimate of drug-likeness (QED) is 0.670. The molecule has 0 bridgehead atoms. The minimum absolute atomic E-state index is 0.336. The number of hydrogen-bond acceptors (Lipinski definition) is 2. The van der Waals surface area contributed by atoms with E-state index < -0.39 is 5.60 Å². The summed E-state index contributed by atoms with van der Waals surface area (Å²) in [5, 5.41) is 0. The van der Waals surface area contributed by atoms with Gasteiger partial charge in [-0.2, -0.15) is 0 Å². The number of hydrogen-bond donors (Lipinski definition) is 0. The molecule has 0 aliphatic rings. The van der Waals surface area contributed by atoms with Gasteiger partial charge in [-0.25, -0.2) is 4.79 Å². The van der Waals surface area contributed by atoms with Gasteiger partial charge in [0.25, 0.3) is 0 Å². The number of carbonyl (C=O) groups is 1. The van der Waals surface area contributed by atoms with Crippen molar-refractivity contribution < 1.29 is 9.53 Å². The van der Waals surface area contributed by atoms with Gasteiger partial charge in [0.2, 0.25) is 0 Å². The molecule has 86 valence electrons. The van der Waals surface area contributed by atoms with Gasteiger partial charge in [0.05, 0.1) is 0 Å². The lowest BCUT2D eigenvalue weighted by Gasteiger charge is -2.25. The molecule has 0 saturated carbocycles. The Morgan fingerprint density at radius 3 is 2.33 bits per heavy atom. The number of allylic oxidation sites excluding steroid dienone is 3. The van der Waals surface area contributed by atoms with E-state index in [4.69, 9.17) is 4.74 Å². The van der Waals surface area contributed by atoms with E-state index in [9.17, 15) is 4.79 Å². The second-order valence-corrected chi connectivity index (χ2v) is 4.29. The number of nitrogens with zero attached hydrogens (tertiary/aromatic N) is 1. The minimum Gasteiger partial charge on any atom is -0.443 e. The van der Waals surface area contributed by atoms with Gasteiger partial charge in [-0.15, -0.1) is 0 Å². The highest BCUT2D eigenvalue weighted by molar-refractivity contribution is 5.70. The topological polar surface area (TPSA) is 29.5 Å². The molecule has 0 aromatic heterocycles. The van der Waals surface area contributed by atoms with Crippen LogP contribution in [0.4, 0.5) is 4.79 Å². The molecule has 0 atom stereocenters. The maximum Gasteiger partial charge on any atom is 0.414 e. The molecule has 0 fully saturated rings. The van der Waals surface area contributed by atoms with Crippen molar-refractivity contribution in [2.45, 2.75) is 39.7 Å². The Hall–Kier alpha value is -1.25. The van der Waals surface area contributed by atoms with Crippen LogP contribution in [0.3, 0.4) is 0 Å². The number of carbonyl (C=O) groups excluding carboxylic acids is 1. The number of amides is 1. The number of ether oxygens (including phenoxy) is 1. The van der Waals surface area contributed by atoms with E-state index in [1.807, 2.05) is 33.8 Å². The fourth-order valence-electron chi connectivity index (χ4n) is 1.05. The predicted octanol–water partition coefficient (Wildman–Crippen LogP) is 3.33. The first kappa shape index (κ1) is 13.8. The molecule has 0 saturated heterocycles. The van der Waals surface area contributed by atoms with Crippen LogP contribution < -0.4 is 0 Å². The zero-order valence-corrected chi connectivity index (χ0v) is 10.3. The highest BCUT2D eigenvalue weighted by Gasteiger charge is 2.20. The maximum absolute atomic E-state index is 11.7. The van der Waals surface area contributed by atoms with Crippen LogP contribution in [0.1, 0.15) is 34.1 Å². The molecule has 0 radical (unpaired) electrons. The molecule has 0 spiro atoms. The normalized spacial score (nSPS) is 12.2. The summed E-state index contributed by atoms with van der Waals surface area (Å²) < 4.78 is 5.24. The summed E-state index contributed by atoms with van der Waals surface area (Å²) in [6.45, 7) is 11.1. The SMILES string of the molecule is C=C/C=C(\CC)N(C)C(=O)OC(C)(C)C. The zero-order valence-electron chi connectivity index (χ0n) is 10.3. The Morgan fingerprint density at radius 2 is 2.00 bits per heavy atom. The lowest BCUT2D eigenvalue weighted by Crippen LogP contribution is -2.33. The van der Waals surface area contributed by atoms with Gasteiger partial charge in [-0.1, -0.05) is 19.6 Å². The van der Waals surface area contributed by atoms with Crippen LogP contribution in [0.25, 0.3) is 0 Å². The molecular formula is C12H21NO2. The molecule has 0 heterocycles. The van der Waals surface area contributed by atoms with Crippen LogP contribution in [0.2, 0.25) is 0 Å². The maximum atomic E-state index is 11.7. The first-order valence-corrected chi connectivity index (χ1v) is 5.10. The molecule has 0 aromatic carbocycles. The van der Waals surface area contributed by atoms with Crippen LogP contribution in [0, 0.1) is 0 Å². The summed E-state index contributed by atoms with van der Waals surface area (Å²) in [5.41, 5.74) is 0.428. The Morgan fingerprint density at radius 1 is 1.47 bits per heavy atom. The van der Waals surface area contributed by atoms with Gasteiger partial charge >= 0.3 is 6.09 Å². The third-order valence-corrected chi connectivity index (χ3v) is 1.77. The third-order valence-electron chi connectivity index (χ3n) is 1.77. The van der Waals surface area contributed by atoms with Gasteiger partial charge in [-0.05, 0) is 33.3 Å². The largest absolute Gasteiger partial charge is 0.443 e. The second-order valence-electron chi connectivity index (χ2n) is 4.29. The van der Waals surface area contributed by atoms with E-state index in [1.54, 1.807) is 13.1 Å². The Bertz CT molecular complexity index is 261. The monoisotopic (exact) mass is 211 g/mol. The fraction of sp³-hybridized carbons (Fsp3) is 0.583. The lowest BCUT2D eigenvalue weighted by atomic mass is 10.2. The first-order valence-electron chi connectivity index (χ1n) is 5.10. The molecule has 0 aliphatic carbocycles. The van der Waals surface area contributed by atoms with Crippen LogP contribution >= 0.6 is 0 Å². The van der Waals surface area contributed by atoms with E-state index in [-0.39, 0.29) is 6.09 Å². The lowest BCUT2D eigenvalue weighted by molar-refractivity contribution is 0.0349. The molecule has 3 nitrogen and oxygen atoms in total. The van der Waals surface area contributed by atoms with Crippen molar-refractivity contribution in [3.05, 3.63) is 24.4 Å². The van der Waals surface area contributed by atoms with Gasteiger partial charge < -0.3 is 4.74 Å². The van der Waals surface area contributed by atoms with Gasteiger partial charge in [-0.3, -0.25) is 4.90 Å². The molecule has 0 aliphatic heterocycles. The predicted molar refractivity (Wildman–Crippen MR) is 62.6 cm³/mol. The van der Waals surface area contributed by atoms with E-state index in [1.165, 1.54) is 4.90 Å². The summed E-state index contributed by atoms with van der Waals surface area (Å²) in [4.78, 5) is 13.2. The van der Waals surface area contributed by atoms with Crippen molar-refractivity contribution in [3.63, 3.8) is 0 Å². The summed E-state index contributed by atoms with van der Waals surface area (Å²) in [7, 11) is 1.70. The van der Waals surface area contributed by atoms with Crippen molar-refractivity contribution in [2.75, 3.05) is 7.05 Å². The van der Waals surface area contributed by atoms with Crippen LogP contribution in [-0.4, -0.2) is 23.6 Å². The molecule has 0 aromatic rings. The van der Waals surface area contributed by atoms with E-state index in [0.717, 1.165) is 12.1 Å². The minimum atomic E-state index is -0.460.